The molecule has 1 amide bonds. The topological polar surface area (TPSA) is 93.8 Å². The van der Waals surface area contributed by atoms with E-state index in [1.165, 1.54) is 11.1 Å². The van der Waals surface area contributed by atoms with Crippen LogP contribution < -0.4 is 20.1 Å². The molecular weight excluding hydrogens is 418 g/mol. The number of hydrogen-bond acceptors (Lipinski definition) is 7. The van der Waals surface area contributed by atoms with E-state index >= 15 is 0 Å². The molecule has 8 nitrogen and oxygen atoms in total. The zero-order valence-corrected chi connectivity index (χ0v) is 19.2. The molecular formula is C25H29N5O3. The quantitative estimate of drug-likeness (QED) is 0.643. The van der Waals surface area contributed by atoms with Gasteiger partial charge in [0, 0.05) is 43.5 Å². The number of ether oxygens (including phenoxy) is 2. The van der Waals surface area contributed by atoms with Crippen LogP contribution in [-0.4, -0.2) is 61.2 Å². The van der Waals surface area contributed by atoms with Crippen molar-refractivity contribution in [1.82, 2.24) is 14.9 Å². The number of fused-ring (bicyclic) bond motifs is 1. The van der Waals surface area contributed by atoms with E-state index in [-0.39, 0.29) is 11.8 Å². The van der Waals surface area contributed by atoms with Crippen molar-refractivity contribution in [3.05, 3.63) is 47.5 Å². The summed E-state index contributed by atoms with van der Waals surface area (Å²) >= 11 is 0. The Morgan fingerprint density at radius 2 is 1.76 bits per heavy atom. The summed E-state index contributed by atoms with van der Waals surface area (Å²) in [5.74, 6) is 2.87. The van der Waals surface area contributed by atoms with Crippen molar-refractivity contribution in [2.75, 3.05) is 51.0 Å². The van der Waals surface area contributed by atoms with Gasteiger partial charge in [0.25, 0.3) is 0 Å². The van der Waals surface area contributed by atoms with Crippen molar-refractivity contribution < 1.29 is 14.3 Å². The van der Waals surface area contributed by atoms with E-state index in [4.69, 9.17) is 20.2 Å². The maximum atomic E-state index is 13.1. The molecule has 8 heteroatoms. The van der Waals surface area contributed by atoms with Crippen LogP contribution in [0, 0.1) is 12.8 Å². The zero-order valence-electron chi connectivity index (χ0n) is 19.2. The molecule has 2 N–H and O–H groups in total. The molecule has 2 aliphatic rings. The first-order chi connectivity index (χ1) is 16.0. The molecule has 33 heavy (non-hydrogen) atoms. The summed E-state index contributed by atoms with van der Waals surface area (Å²) < 4.78 is 10.8. The van der Waals surface area contributed by atoms with Gasteiger partial charge >= 0.3 is 0 Å². The maximum absolute atomic E-state index is 13.1. The van der Waals surface area contributed by atoms with Crippen LogP contribution in [0.2, 0.25) is 0 Å². The molecule has 1 aliphatic carbocycles. The van der Waals surface area contributed by atoms with Crippen molar-refractivity contribution in [2.24, 2.45) is 5.92 Å². The standard InChI is InChI=1S/C25H29N5O3/c1-15-5-4-6-16(11-15)17-12-18(17)24(31)29-7-9-30(10-8-29)25-27-20-14-22(33-3)21(32-2)13-19(20)23(26)28-25/h4-6,11,13-14,17-18H,7-10,12H2,1-3H3,(H2,26,27,28)/t17-,18+/m0/s1. The Morgan fingerprint density at radius 1 is 1.03 bits per heavy atom. The summed E-state index contributed by atoms with van der Waals surface area (Å²) in [6.07, 6.45) is 0.943. The Kier molecular flexibility index (Phi) is 5.44. The number of nitrogen functional groups attached to an aromatic ring is 1. The van der Waals surface area contributed by atoms with E-state index in [0.717, 1.165) is 11.8 Å². The highest BCUT2D eigenvalue weighted by Crippen LogP contribution is 2.48. The minimum atomic E-state index is 0.105. The van der Waals surface area contributed by atoms with Crippen LogP contribution in [0.3, 0.4) is 0 Å². The number of anilines is 2. The summed E-state index contributed by atoms with van der Waals surface area (Å²) in [5.41, 5.74) is 9.46. The van der Waals surface area contributed by atoms with Gasteiger partial charge in [-0.1, -0.05) is 29.8 Å². The normalized spacial score (nSPS) is 20.1. The second kappa shape index (κ2) is 8.42. The van der Waals surface area contributed by atoms with Gasteiger partial charge in [0.15, 0.2) is 11.5 Å². The minimum absolute atomic E-state index is 0.105. The number of aryl methyl sites for hydroxylation is 1. The predicted octanol–water partition coefficient (Wildman–Crippen LogP) is 2.99. The first kappa shape index (κ1) is 21.3. The molecule has 1 saturated heterocycles. The third-order valence-corrected chi connectivity index (χ3v) is 6.67. The average molecular weight is 448 g/mol. The van der Waals surface area contributed by atoms with Gasteiger partial charge in [-0.05, 0) is 30.9 Å². The molecule has 0 radical (unpaired) electrons. The lowest BCUT2D eigenvalue weighted by atomic mass is 10.1. The number of methoxy groups -OCH3 is 2. The average Bonchev–Trinajstić information content (AvgIpc) is 3.64. The monoisotopic (exact) mass is 447 g/mol. The molecule has 0 bridgehead atoms. The fraction of sp³-hybridized carbons (Fsp3) is 0.400. The van der Waals surface area contributed by atoms with E-state index < -0.39 is 0 Å². The Bertz CT molecular complexity index is 1210. The lowest BCUT2D eigenvalue weighted by Gasteiger charge is -2.35. The SMILES string of the molecule is COc1cc2nc(N3CCN(C(=O)[C@@H]4C[C@H]4c4cccc(C)c4)CC3)nc(N)c2cc1OC. The van der Waals surface area contributed by atoms with Crippen LogP contribution in [-0.2, 0) is 4.79 Å². The molecule has 172 valence electrons. The lowest BCUT2D eigenvalue weighted by molar-refractivity contribution is -0.133. The highest BCUT2D eigenvalue weighted by Gasteiger charge is 2.46. The van der Waals surface area contributed by atoms with Gasteiger partial charge in [0.05, 0.1) is 19.7 Å². The number of piperazine rings is 1. The Balaban J connectivity index is 1.27. The number of rotatable bonds is 5. The van der Waals surface area contributed by atoms with Gasteiger partial charge in [-0.3, -0.25) is 4.79 Å². The van der Waals surface area contributed by atoms with Crippen LogP contribution in [0.15, 0.2) is 36.4 Å². The summed E-state index contributed by atoms with van der Waals surface area (Å²) in [7, 11) is 3.18. The fourth-order valence-electron chi connectivity index (χ4n) is 4.71. The van der Waals surface area contributed by atoms with Crippen LogP contribution >= 0.6 is 0 Å². The number of nitrogens with two attached hydrogens (primary N) is 1. The first-order valence-corrected chi connectivity index (χ1v) is 11.3. The molecule has 2 fully saturated rings. The molecule has 2 atom stereocenters. The molecule has 2 heterocycles. The molecule has 1 saturated carbocycles. The van der Waals surface area contributed by atoms with Gasteiger partial charge in [-0.25, -0.2) is 4.98 Å². The number of benzene rings is 2. The van der Waals surface area contributed by atoms with Crippen LogP contribution in [0.5, 0.6) is 11.5 Å². The molecule has 1 aromatic heterocycles. The molecule has 1 aliphatic heterocycles. The smallest absolute Gasteiger partial charge is 0.228 e. The van der Waals surface area contributed by atoms with Gasteiger partial charge in [0.1, 0.15) is 5.82 Å². The van der Waals surface area contributed by atoms with Gasteiger partial charge in [-0.15, -0.1) is 0 Å². The van der Waals surface area contributed by atoms with E-state index in [0.29, 0.717) is 60.9 Å². The van der Waals surface area contributed by atoms with Gasteiger partial charge < -0.3 is 25.0 Å². The Labute approximate surface area is 193 Å². The predicted molar refractivity (Wildman–Crippen MR) is 128 cm³/mol. The molecule has 0 unspecified atom stereocenters. The molecule has 2 aromatic carbocycles. The van der Waals surface area contributed by atoms with E-state index in [1.807, 2.05) is 11.0 Å². The number of carbonyl (C=O) groups is 1. The Hall–Kier alpha value is -3.55. The van der Waals surface area contributed by atoms with E-state index in [1.54, 1.807) is 20.3 Å². The fourth-order valence-corrected chi connectivity index (χ4v) is 4.71. The van der Waals surface area contributed by atoms with Gasteiger partial charge in [-0.2, -0.15) is 4.98 Å². The highest BCUT2D eigenvalue weighted by atomic mass is 16.5. The van der Waals surface area contributed by atoms with Crippen LogP contribution in [0.4, 0.5) is 11.8 Å². The number of aromatic nitrogens is 2. The van der Waals surface area contributed by atoms with Crippen molar-refractivity contribution in [3.63, 3.8) is 0 Å². The second-order valence-electron chi connectivity index (χ2n) is 8.81. The van der Waals surface area contributed by atoms with Crippen LogP contribution in [0.25, 0.3) is 10.9 Å². The van der Waals surface area contributed by atoms with E-state index in [2.05, 4.69) is 41.1 Å². The zero-order chi connectivity index (χ0) is 23.1. The van der Waals surface area contributed by atoms with Crippen molar-refractivity contribution in [2.45, 2.75) is 19.3 Å². The number of carbonyl (C=O) groups excluding carboxylic acids is 1. The third-order valence-electron chi connectivity index (χ3n) is 6.67. The maximum Gasteiger partial charge on any atom is 0.228 e. The van der Waals surface area contributed by atoms with Crippen molar-refractivity contribution >= 4 is 28.6 Å². The number of amides is 1. The highest BCUT2D eigenvalue weighted by molar-refractivity contribution is 5.91. The lowest BCUT2D eigenvalue weighted by Crippen LogP contribution is -2.49. The number of nitrogens with zero attached hydrogens (tertiary/aromatic N) is 4. The summed E-state index contributed by atoms with van der Waals surface area (Å²) in [4.78, 5) is 26.4. The summed E-state index contributed by atoms with van der Waals surface area (Å²) in [6.45, 7) is 4.75. The first-order valence-electron chi connectivity index (χ1n) is 11.3. The molecule has 5 rings (SSSR count). The van der Waals surface area contributed by atoms with E-state index in [9.17, 15) is 4.79 Å². The van der Waals surface area contributed by atoms with Crippen molar-refractivity contribution in [1.29, 1.82) is 0 Å². The largest absolute Gasteiger partial charge is 0.493 e. The third kappa shape index (κ3) is 4.01. The second-order valence-corrected chi connectivity index (χ2v) is 8.81. The molecule has 3 aromatic rings. The molecule has 0 spiro atoms. The summed E-state index contributed by atoms with van der Waals surface area (Å²) in [5, 5.41) is 0.723. The van der Waals surface area contributed by atoms with Gasteiger partial charge in [0.2, 0.25) is 11.9 Å². The minimum Gasteiger partial charge on any atom is -0.493 e. The van der Waals surface area contributed by atoms with Crippen LogP contribution in [0.1, 0.15) is 23.5 Å². The number of hydrogen-bond donors (Lipinski definition) is 1. The summed E-state index contributed by atoms with van der Waals surface area (Å²) in [6, 6.07) is 12.1. The van der Waals surface area contributed by atoms with Crippen molar-refractivity contribution in [3.8, 4) is 11.5 Å². The Morgan fingerprint density at radius 3 is 2.45 bits per heavy atom.